The maximum atomic E-state index is 3.70. The highest BCUT2D eigenvalue weighted by Gasteiger charge is 2.13. The smallest absolute Gasteiger partial charge is 0.0418 e. The average molecular weight is 294 g/mol. The summed E-state index contributed by atoms with van der Waals surface area (Å²) < 4.78 is 0. The van der Waals surface area contributed by atoms with Gasteiger partial charge in [0.25, 0.3) is 0 Å². The van der Waals surface area contributed by atoms with Crippen molar-refractivity contribution in [2.45, 2.75) is 45.6 Å². The summed E-state index contributed by atoms with van der Waals surface area (Å²) in [5, 5.41) is 8.14. The number of nitrogens with one attached hydrogen (secondary N) is 1. The Bertz CT molecular complexity index is 459. The Morgan fingerprint density at radius 1 is 1.21 bits per heavy atom. The molecular weight excluding hydrogens is 270 g/mol. The number of aryl methyl sites for hydroxylation is 2. The van der Waals surface area contributed by atoms with Crippen molar-refractivity contribution in [2.75, 3.05) is 6.54 Å². The molecule has 1 unspecified atom stereocenters. The van der Waals surface area contributed by atoms with Gasteiger partial charge >= 0.3 is 0 Å². The number of hydrogen-bond donors (Lipinski definition) is 1. The van der Waals surface area contributed by atoms with E-state index in [-0.39, 0.29) is 0 Å². The van der Waals surface area contributed by atoms with Crippen LogP contribution in [0.2, 0.25) is 0 Å². The first-order chi connectivity index (χ1) is 9.33. The van der Waals surface area contributed by atoms with Crippen LogP contribution in [0.5, 0.6) is 0 Å². The molecule has 2 rings (SSSR count). The Morgan fingerprint density at radius 3 is 2.74 bits per heavy atom. The molecule has 0 radical (unpaired) electrons. The van der Waals surface area contributed by atoms with E-state index in [2.05, 4.69) is 48.1 Å². The molecule has 0 fully saturated rings. The molecule has 0 saturated heterocycles. The van der Waals surface area contributed by atoms with Crippen molar-refractivity contribution in [3.63, 3.8) is 0 Å². The van der Waals surface area contributed by atoms with Gasteiger partial charge in [-0.1, -0.05) is 13.8 Å². The molecule has 0 amide bonds. The van der Waals surface area contributed by atoms with E-state index in [1.54, 1.807) is 11.3 Å². The van der Waals surface area contributed by atoms with Gasteiger partial charge in [-0.05, 0) is 66.8 Å². The number of thiophene rings is 2. The third-order valence-corrected chi connectivity index (χ3v) is 5.39. The van der Waals surface area contributed by atoms with Gasteiger partial charge in [-0.3, -0.25) is 0 Å². The third kappa shape index (κ3) is 4.44. The van der Waals surface area contributed by atoms with Gasteiger partial charge in [0.15, 0.2) is 0 Å². The molecule has 2 heterocycles. The Hall–Kier alpha value is -0.640. The standard InChI is InChI=1S/C16H23NS2/c1-3-10-17-15(7-5-13-9-11-18-12-13)16-8-6-14(4-2)19-16/h6,8-9,11-12,15,17H,3-5,7,10H2,1-2H3. The van der Waals surface area contributed by atoms with E-state index in [1.165, 1.54) is 34.6 Å². The van der Waals surface area contributed by atoms with E-state index in [1.807, 2.05) is 11.3 Å². The van der Waals surface area contributed by atoms with Gasteiger partial charge in [-0.2, -0.15) is 11.3 Å². The van der Waals surface area contributed by atoms with E-state index in [9.17, 15) is 0 Å². The lowest BCUT2D eigenvalue weighted by atomic mass is 10.1. The van der Waals surface area contributed by atoms with Crippen LogP contribution in [0.15, 0.2) is 29.0 Å². The molecule has 0 aliphatic rings. The Kier molecular flexibility index (Phi) is 6.08. The highest BCUT2D eigenvalue weighted by atomic mass is 32.1. The predicted octanol–water partition coefficient (Wildman–Crippen LogP) is 5.05. The summed E-state index contributed by atoms with van der Waals surface area (Å²) in [6, 6.07) is 7.36. The van der Waals surface area contributed by atoms with E-state index >= 15 is 0 Å². The minimum atomic E-state index is 0.519. The van der Waals surface area contributed by atoms with Crippen LogP contribution in [-0.2, 0) is 12.8 Å². The Labute approximate surface area is 124 Å². The summed E-state index contributed by atoms with van der Waals surface area (Å²) in [5.41, 5.74) is 1.47. The fourth-order valence-electron chi connectivity index (χ4n) is 2.18. The van der Waals surface area contributed by atoms with Crippen LogP contribution >= 0.6 is 22.7 Å². The molecule has 2 aromatic rings. The zero-order valence-electron chi connectivity index (χ0n) is 11.8. The molecule has 0 spiro atoms. The second-order valence-electron chi connectivity index (χ2n) is 4.83. The van der Waals surface area contributed by atoms with Gasteiger partial charge < -0.3 is 5.32 Å². The first-order valence-electron chi connectivity index (χ1n) is 7.16. The van der Waals surface area contributed by atoms with Crippen LogP contribution in [-0.4, -0.2) is 6.54 Å². The molecule has 0 aliphatic heterocycles. The lowest BCUT2D eigenvalue weighted by Gasteiger charge is -2.16. The fourth-order valence-corrected chi connectivity index (χ4v) is 3.95. The van der Waals surface area contributed by atoms with Crippen molar-refractivity contribution in [2.24, 2.45) is 0 Å². The highest BCUT2D eigenvalue weighted by molar-refractivity contribution is 7.12. The third-order valence-electron chi connectivity index (χ3n) is 3.32. The normalized spacial score (nSPS) is 12.7. The van der Waals surface area contributed by atoms with E-state index < -0.39 is 0 Å². The van der Waals surface area contributed by atoms with Crippen molar-refractivity contribution in [3.8, 4) is 0 Å². The largest absolute Gasteiger partial charge is 0.309 e. The Balaban J connectivity index is 1.98. The first-order valence-corrected chi connectivity index (χ1v) is 8.92. The maximum Gasteiger partial charge on any atom is 0.0418 e. The molecule has 1 atom stereocenters. The van der Waals surface area contributed by atoms with Crippen molar-refractivity contribution in [3.05, 3.63) is 44.3 Å². The topological polar surface area (TPSA) is 12.0 Å². The molecule has 0 bridgehead atoms. The van der Waals surface area contributed by atoms with Crippen LogP contribution < -0.4 is 5.32 Å². The van der Waals surface area contributed by atoms with E-state index in [4.69, 9.17) is 0 Å². The average Bonchev–Trinajstić information content (AvgIpc) is 3.09. The van der Waals surface area contributed by atoms with Crippen LogP contribution in [0.1, 0.15) is 48.0 Å². The highest BCUT2D eigenvalue weighted by Crippen LogP contribution is 2.27. The molecular formula is C16H23NS2. The van der Waals surface area contributed by atoms with Crippen LogP contribution in [0.25, 0.3) is 0 Å². The molecule has 3 heteroatoms. The Morgan fingerprint density at radius 2 is 2.11 bits per heavy atom. The van der Waals surface area contributed by atoms with Crippen molar-refractivity contribution >= 4 is 22.7 Å². The quantitative estimate of drug-likeness (QED) is 0.718. The van der Waals surface area contributed by atoms with Crippen molar-refractivity contribution < 1.29 is 0 Å². The summed E-state index contributed by atoms with van der Waals surface area (Å²) in [5.74, 6) is 0. The fraction of sp³-hybridized carbons (Fsp3) is 0.500. The van der Waals surface area contributed by atoms with Gasteiger partial charge in [0.05, 0.1) is 0 Å². The lowest BCUT2D eigenvalue weighted by molar-refractivity contribution is 0.506. The summed E-state index contributed by atoms with van der Waals surface area (Å²) in [7, 11) is 0. The molecule has 2 aromatic heterocycles. The molecule has 1 N–H and O–H groups in total. The van der Waals surface area contributed by atoms with Gasteiger partial charge in [-0.15, -0.1) is 11.3 Å². The van der Waals surface area contributed by atoms with Crippen LogP contribution in [0.3, 0.4) is 0 Å². The summed E-state index contributed by atoms with van der Waals surface area (Å²) in [6.45, 7) is 5.57. The zero-order valence-corrected chi connectivity index (χ0v) is 13.4. The molecule has 0 saturated carbocycles. The summed E-state index contributed by atoms with van der Waals surface area (Å²) >= 11 is 3.76. The molecule has 104 valence electrons. The van der Waals surface area contributed by atoms with E-state index in [0.29, 0.717) is 6.04 Å². The molecule has 0 aromatic carbocycles. The molecule has 1 nitrogen and oxygen atoms in total. The second kappa shape index (κ2) is 7.83. The zero-order chi connectivity index (χ0) is 13.5. The maximum absolute atomic E-state index is 3.70. The first kappa shape index (κ1) is 14.8. The monoisotopic (exact) mass is 293 g/mol. The van der Waals surface area contributed by atoms with Crippen molar-refractivity contribution in [1.29, 1.82) is 0 Å². The van der Waals surface area contributed by atoms with Crippen LogP contribution in [0, 0.1) is 0 Å². The SMILES string of the molecule is CCCNC(CCc1ccsc1)c1ccc(CC)s1. The summed E-state index contributed by atoms with van der Waals surface area (Å²) in [6.07, 6.45) is 4.71. The van der Waals surface area contributed by atoms with Crippen LogP contribution in [0.4, 0.5) is 0 Å². The van der Waals surface area contributed by atoms with Crippen molar-refractivity contribution in [1.82, 2.24) is 5.32 Å². The minimum absolute atomic E-state index is 0.519. The summed E-state index contributed by atoms with van der Waals surface area (Å²) in [4.78, 5) is 2.99. The van der Waals surface area contributed by atoms with Gasteiger partial charge in [0.1, 0.15) is 0 Å². The van der Waals surface area contributed by atoms with Gasteiger partial charge in [-0.25, -0.2) is 0 Å². The van der Waals surface area contributed by atoms with E-state index in [0.717, 1.165) is 13.0 Å². The van der Waals surface area contributed by atoms with Gasteiger partial charge in [0.2, 0.25) is 0 Å². The molecule has 0 aliphatic carbocycles. The lowest BCUT2D eigenvalue weighted by Crippen LogP contribution is -2.21. The van der Waals surface area contributed by atoms with Gasteiger partial charge in [0, 0.05) is 15.8 Å². The number of rotatable bonds is 8. The predicted molar refractivity (Wildman–Crippen MR) is 87.4 cm³/mol. The second-order valence-corrected chi connectivity index (χ2v) is 6.81. The minimum Gasteiger partial charge on any atom is -0.309 e. The molecule has 19 heavy (non-hydrogen) atoms. The number of hydrogen-bond acceptors (Lipinski definition) is 3.